The SMILES string of the molecule is CC[C@H](C)[C@H](NC(=O)[C@H](NC(=O)[C@H](CCC(=O)OCc1ccccc1)NC(=O)[C@H](CCSC)NC(=O)[C@@H](CC(C)C)NC(=O)OC(C)(C)C)[C@@H](C)CC)C(N)=O. The predicted octanol–water partition coefficient (Wildman–Crippen LogP) is 3.72. The Labute approximate surface area is 336 Å². The molecule has 0 saturated heterocycles. The van der Waals surface area contributed by atoms with Crippen molar-refractivity contribution in [3.63, 3.8) is 0 Å². The van der Waals surface area contributed by atoms with Gasteiger partial charge in [0.15, 0.2) is 0 Å². The summed E-state index contributed by atoms with van der Waals surface area (Å²) in [5.41, 5.74) is 5.56. The fraction of sp³-hybridized carbons (Fsp3) is 0.675. The molecule has 0 saturated carbocycles. The zero-order valence-corrected chi connectivity index (χ0v) is 35.6. The molecule has 0 spiro atoms. The van der Waals surface area contributed by atoms with Gasteiger partial charge in [0.25, 0.3) is 0 Å². The molecule has 1 aromatic rings. The molecular formula is C40H66N6O9S. The molecule has 15 nitrogen and oxygen atoms in total. The smallest absolute Gasteiger partial charge is 0.408 e. The summed E-state index contributed by atoms with van der Waals surface area (Å²) in [7, 11) is 0. The first-order valence-electron chi connectivity index (χ1n) is 19.4. The second-order valence-electron chi connectivity index (χ2n) is 15.6. The van der Waals surface area contributed by atoms with E-state index in [2.05, 4.69) is 26.6 Å². The lowest BCUT2D eigenvalue weighted by Gasteiger charge is -2.30. The van der Waals surface area contributed by atoms with Crippen LogP contribution in [0.2, 0.25) is 0 Å². The number of carbonyl (C=O) groups is 7. The Hall–Kier alpha value is -4.34. The van der Waals surface area contributed by atoms with Crippen LogP contribution >= 0.6 is 11.8 Å². The topological polar surface area (TPSA) is 224 Å². The maximum atomic E-state index is 14.0. The van der Waals surface area contributed by atoms with Crippen LogP contribution in [0.4, 0.5) is 4.79 Å². The number of thioether (sulfide) groups is 1. The minimum absolute atomic E-state index is 0.00650. The van der Waals surface area contributed by atoms with Crippen LogP contribution in [0.5, 0.6) is 0 Å². The fourth-order valence-electron chi connectivity index (χ4n) is 5.47. The van der Waals surface area contributed by atoms with E-state index in [4.69, 9.17) is 15.2 Å². The third-order valence-electron chi connectivity index (χ3n) is 9.08. The molecule has 0 fully saturated rings. The zero-order valence-electron chi connectivity index (χ0n) is 34.8. The molecule has 7 atom stereocenters. The molecule has 0 aliphatic rings. The maximum Gasteiger partial charge on any atom is 0.408 e. The van der Waals surface area contributed by atoms with Crippen LogP contribution < -0.4 is 32.3 Å². The Balaban J connectivity index is 3.40. The summed E-state index contributed by atoms with van der Waals surface area (Å²) in [6, 6.07) is 3.45. The largest absolute Gasteiger partial charge is 0.461 e. The number of rotatable bonds is 24. The molecule has 56 heavy (non-hydrogen) atoms. The van der Waals surface area contributed by atoms with E-state index in [1.807, 2.05) is 52.1 Å². The number of amides is 6. The minimum Gasteiger partial charge on any atom is -0.461 e. The van der Waals surface area contributed by atoms with Crippen LogP contribution in [-0.2, 0) is 44.8 Å². The maximum absolute atomic E-state index is 14.0. The molecule has 0 aliphatic carbocycles. The summed E-state index contributed by atoms with van der Waals surface area (Å²) >= 11 is 1.44. The van der Waals surface area contributed by atoms with Crippen LogP contribution in [0.25, 0.3) is 0 Å². The fourth-order valence-corrected chi connectivity index (χ4v) is 5.94. The van der Waals surface area contributed by atoms with Crippen molar-refractivity contribution in [1.29, 1.82) is 0 Å². The lowest BCUT2D eigenvalue weighted by molar-refractivity contribution is -0.145. The molecule has 0 bridgehead atoms. The number of hydrogen-bond donors (Lipinski definition) is 6. The van der Waals surface area contributed by atoms with Crippen molar-refractivity contribution < 1.29 is 43.0 Å². The first kappa shape index (κ1) is 49.7. The van der Waals surface area contributed by atoms with E-state index in [0.717, 1.165) is 5.56 Å². The van der Waals surface area contributed by atoms with Crippen LogP contribution in [0.15, 0.2) is 30.3 Å². The zero-order chi connectivity index (χ0) is 42.6. The van der Waals surface area contributed by atoms with Crippen molar-refractivity contribution >= 4 is 53.4 Å². The molecule has 16 heteroatoms. The number of primary amides is 1. The molecule has 0 aliphatic heterocycles. The Morgan fingerprint density at radius 1 is 0.714 bits per heavy atom. The van der Waals surface area contributed by atoms with Gasteiger partial charge in [-0.3, -0.25) is 28.8 Å². The lowest BCUT2D eigenvalue weighted by atomic mass is 9.94. The summed E-state index contributed by atoms with van der Waals surface area (Å²) in [4.78, 5) is 93.0. The van der Waals surface area contributed by atoms with E-state index in [1.165, 1.54) is 11.8 Å². The summed E-state index contributed by atoms with van der Waals surface area (Å²) in [5, 5.41) is 13.5. The number of ether oxygens (including phenoxy) is 2. The van der Waals surface area contributed by atoms with Gasteiger partial charge in [0.2, 0.25) is 29.5 Å². The van der Waals surface area contributed by atoms with Gasteiger partial charge in [-0.1, -0.05) is 84.7 Å². The van der Waals surface area contributed by atoms with E-state index < -0.39 is 83.3 Å². The van der Waals surface area contributed by atoms with Gasteiger partial charge in [-0.05, 0) is 75.4 Å². The van der Waals surface area contributed by atoms with Crippen LogP contribution in [0, 0.1) is 17.8 Å². The van der Waals surface area contributed by atoms with E-state index in [-0.39, 0.29) is 44.1 Å². The molecule has 0 aromatic heterocycles. The first-order chi connectivity index (χ1) is 26.2. The van der Waals surface area contributed by atoms with Gasteiger partial charge in [-0.25, -0.2) is 4.79 Å². The predicted molar refractivity (Wildman–Crippen MR) is 217 cm³/mol. The Bertz CT molecular complexity index is 1440. The summed E-state index contributed by atoms with van der Waals surface area (Å²) in [6.07, 6.45) is 2.06. The first-order valence-corrected chi connectivity index (χ1v) is 20.8. The number of esters is 1. The average molecular weight is 807 g/mol. The second kappa shape index (κ2) is 25.0. The molecule has 316 valence electrons. The molecular weight excluding hydrogens is 741 g/mol. The van der Waals surface area contributed by atoms with Gasteiger partial charge < -0.3 is 41.8 Å². The summed E-state index contributed by atoms with van der Waals surface area (Å²) in [6.45, 7) is 16.1. The summed E-state index contributed by atoms with van der Waals surface area (Å²) in [5.74, 6) is -4.25. The van der Waals surface area contributed by atoms with E-state index in [1.54, 1.807) is 46.8 Å². The number of nitrogens with two attached hydrogens (primary N) is 1. The number of carbonyl (C=O) groups excluding carboxylic acids is 7. The Kier molecular flexibility index (Phi) is 22.2. The van der Waals surface area contributed by atoms with Crippen molar-refractivity contribution in [2.24, 2.45) is 23.5 Å². The van der Waals surface area contributed by atoms with Gasteiger partial charge in [0.05, 0.1) is 0 Å². The van der Waals surface area contributed by atoms with Crippen molar-refractivity contribution in [3.05, 3.63) is 35.9 Å². The minimum atomic E-state index is -1.34. The van der Waals surface area contributed by atoms with Crippen molar-refractivity contribution in [2.75, 3.05) is 12.0 Å². The lowest BCUT2D eigenvalue weighted by Crippen LogP contribution is -2.60. The molecule has 6 amide bonds. The van der Waals surface area contributed by atoms with Gasteiger partial charge in [-0.15, -0.1) is 0 Å². The van der Waals surface area contributed by atoms with Crippen molar-refractivity contribution in [1.82, 2.24) is 26.6 Å². The number of nitrogens with one attached hydrogen (secondary N) is 5. The van der Waals surface area contributed by atoms with Gasteiger partial charge in [-0.2, -0.15) is 11.8 Å². The van der Waals surface area contributed by atoms with E-state index in [9.17, 15) is 33.6 Å². The van der Waals surface area contributed by atoms with Crippen LogP contribution in [-0.4, -0.2) is 89.4 Å². The summed E-state index contributed by atoms with van der Waals surface area (Å²) < 4.78 is 10.8. The normalized spacial score (nSPS) is 15.1. The van der Waals surface area contributed by atoms with Gasteiger partial charge in [0.1, 0.15) is 42.4 Å². The molecule has 1 aromatic carbocycles. The third-order valence-corrected chi connectivity index (χ3v) is 9.73. The Morgan fingerprint density at radius 3 is 1.75 bits per heavy atom. The molecule has 1 rings (SSSR count). The van der Waals surface area contributed by atoms with Crippen LogP contribution in [0.1, 0.15) is 106 Å². The average Bonchev–Trinajstić information content (AvgIpc) is 3.13. The van der Waals surface area contributed by atoms with Crippen molar-refractivity contribution in [2.45, 2.75) is 143 Å². The number of hydrogen-bond acceptors (Lipinski definition) is 10. The van der Waals surface area contributed by atoms with E-state index in [0.29, 0.717) is 18.6 Å². The number of alkyl carbamates (subject to hydrolysis) is 1. The number of benzene rings is 1. The highest BCUT2D eigenvalue weighted by Crippen LogP contribution is 2.15. The standard InChI is InChI=1S/C40H66N6O9S/c1-11-25(5)32(34(41)48)45-38(52)33(26(6)12-2)46-36(50)28(18-19-31(47)54-23-27-16-14-13-15-17-27)42-35(49)29(20-21-56-10)43-37(51)30(22-24(3)4)44-39(53)55-40(7,8)9/h13-17,24-26,28-30,32-33H,11-12,18-23H2,1-10H3,(H2,41,48)(H,42,49)(H,43,51)(H,44,53)(H,45,52)(H,46,50)/t25-,26-,28-,29-,30+,32-,33+/m0/s1. The van der Waals surface area contributed by atoms with Gasteiger partial charge in [0, 0.05) is 6.42 Å². The monoisotopic (exact) mass is 806 g/mol. The second-order valence-corrected chi connectivity index (χ2v) is 16.5. The molecule has 0 radical (unpaired) electrons. The highest BCUT2D eigenvalue weighted by atomic mass is 32.2. The highest BCUT2D eigenvalue weighted by Gasteiger charge is 2.35. The van der Waals surface area contributed by atoms with Crippen LogP contribution in [0.3, 0.4) is 0 Å². The molecule has 0 heterocycles. The third kappa shape index (κ3) is 19.0. The highest BCUT2D eigenvalue weighted by molar-refractivity contribution is 7.98. The molecule has 0 unspecified atom stereocenters. The Morgan fingerprint density at radius 2 is 1.23 bits per heavy atom. The van der Waals surface area contributed by atoms with Crippen molar-refractivity contribution in [3.8, 4) is 0 Å². The van der Waals surface area contributed by atoms with E-state index >= 15 is 0 Å². The van der Waals surface area contributed by atoms with Gasteiger partial charge >= 0.3 is 12.1 Å². The molecule has 7 N–H and O–H groups in total. The quantitative estimate of drug-likeness (QED) is 0.0831.